The number of aliphatic hydroxyl groups excluding tert-OH is 1. The Morgan fingerprint density at radius 2 is 2.13 bits per heavy atom. The quantitative estimate of drug-likeness (QED) is 0.280. The second-order valence-corrected chi connectivity index (χ2v) is 9.94. The van der Waals surface area contributed by atoms with Crippen molar-refractivity contribution in [2.24, 2.45) is 0 Å². The van der Waals surface area contributed by atoms with Crippen LogP contribution in [0.25, 0.3) is 4.96 Å². The van der Waals surface area contributed by atoms with Gasteiger partial charge in [0.25, 0.3) is 5.56 Å². The van der Waals surface area contributed by atoms with E-state index in [9.17, 15) is 23.1 Å². The fourth-order valence-electron chi connectivity index (χ4n) is 3.17. The highest BCUT2D eigenvalue weighted by Gasteiger charge is 2.31. The summed E-state index contributed by atoms with van der Waals surface area (Å²) in [6.45, 7) is 1.76. The molecule has 1 atom stereocenters. The van der Waals surface area contributed by atoms with Crippen LogP contribution in [0.4, 0.5) is 13.2 Å². The summed E-state index contributed by atoms with van der Waals surface area (Å²) in [5, 5.41) is 12.8. The van der Waals surface area contributed by atoms with Crippen molar-refractivity contribution in [3.8, 4) is 0 Å². The van der Waals surface area contributed by atoms with Gasteiger partial charge < -0.3 is 5.11 Å². The maximum atomic E-state index is 14.6. The molecule has 0 saturated heterocycles. The van der Waals surface area contributed by atoms with Crippen LogP contribution in [0.2, 0.25) is 0 Å². The van der Waals surface area contributed by atoms with Gasteiger partial charge in [0.2, 0.25) is 0 Å². The van der Waals surface area contributed by atoms with E-state index in [2.05, 4.69) is 9.97 Å². The van der Waals surface area contributed by atoms with Gasteiger partial charge in [0.05, 0.1) is 17.0 Å². The lowest BCUT2D eigenvalue weighted by Crippen LogP contribution is -2.19. The molecule has 4 aromatic rings. The summed E-state index contributed by atoms with van der Waals surface area (Å²) in [4.78, 5) is 22.3. The monoisotopic (exact) mass is 563 g/mol. The third kappa shape index (κ3) is 3.90. The van der Waals surface area contributed by atoms with Gasteiger partial charge in [-0.15, -0.1) is 22.7 Å². The summed E-state index contributed by atoms with van der Waals surface area (Å²) >= 11 is 3.36. The molecule has 30 heavy (non-hydrogen) atoms. The molecule has 0 aliphatic carbocycles. The average Bonchev–Trinajstić information content (AvgIpc) is 3.29. The molecule has 0 radical (unpaired) electrons. The van der Waals surface area contributed by atoms with Crippen LogP contribution in [0, 0.1) is 12.7 Å². The Labute approximate surface area is 190 Å². The molecule has 5 nitrogen and oxygen atoms in total. The standard InChI is InChI=1S/C19H13F3IN3O2S2/c1-9-15(16(28)17-24-5-6-29-17)26-13(27)8-11(25-18(26)30-9)7-10-3-2-4-12(14(10)20)19(21,22)23/h2-6,8,16,28H,7H2,1H3. The number of thiazole rings is 2. The molecule has 4 rings (SSSR count). The van der Waals surface area contributed by atoms with E-state index >= 15 is 0 Å². The Morgan fingerprint density at radius 1 is 1.37 bits per heavy atom. The van der Waals surface area contributed by atoms with Crippen molar-refractivity contribution in [1.29, 1.82) is 0 Å². The number of rotatable bonds is 5. The van der Waals surface area contributed by atoms with Gasteiger partial charge >= 0.3 is 3.93 Å². The zero-order valence-electron chi connectivity index (χ0n) is 15.3. The first-order chi connectivity index (χ1) is 14.2. The average molecular weight is 563 g/mol. The summed E-state index contributed by atoms with van der Waals surface area (Å²) in [5.41, 5.74) is -0.493. The largest absolute Gasteiger partial charge is 0.380 e. The molecular weight excluding hydrogens is 550 g/mol. The minimum Gasteiger partial charge on any atom is -0.380 e. The van der Waals surface area contributed by atoms with Crippen molar-refractivity contribution in [2.75, 3.05) is 0 Å². The predicted octanol–water partition coefficient (Wildman–Crippen LogP) is 4.82. The van der Waals surface area contributed by atoms with Gasteiger partial charge in [-0.1, -0.05) is 12.1 Å². The molecule has 1 aromatic carbocycles. The smallest absolute Gasteiger partial charge is 0.324 e. The molecule has 0 aliphatic rings. The predicted molar refractivity (Wildman–Crippen MR) is 117 cm³/mol. The molecule has 0 fully saturated rings. The van der Waals surface area contributed by atoms with E-state index in [0.29, 0.717) is 20.5 Å². The van der Waals surface area contributed by atoms with Crippen molar-refractivity contribution in [3.63, 3.8) is 0 Å². The lowest BCUT2D eigenvalue weighted by atomic mass is 10.1. The van der Waals surface area contributed by atoms with E-state index in [1.165, 1.54) is 45.3 Å². The number of nitrogens with zero attached hydrogens (tertiary/aromatic N) is 3. The van der Waals surface area contributed by atoms with E-state index in [4.69, 9.17) is 0 Å². The van der Waals surface area contributed by atoms with Gasteiger partial charge in [-0.3, -0.25) is 9.20 Å². The van der Waals surface area contributed by atoms with Crippen molar-refractivity contribution < 1.29 is 18.3 Å². The highest BCUT2D eigenvalue weighted by atomic mass is 127. The molecule has 3 heterocycles. The Morgan fingerprint density at radius 3 is 2.80 bits per heavy atom. The number of fused-ring (bicyclic) bond motifs is 1. The zero-order chi connectivity index (χ0) is 21.6. The van der Waals surface area contributed by atoms with Gasteiger partial charge in [0.15, 0.2) is 4.96 Å². The first kappa shape index (κ1) is 21.4. The van der Waals surface area contributed by atoms with Crippen molar-refractivity contribution in [2.45, 2.75) is 23.4 Å². The SMILES string of the molecule is Cc1sc2nc(Cc3cccc(C(F)(F)I)c3F)cc(=O)n2c1C(O)c1nccs1. The van der Waals surface area contributed by atoms with Crippen LogP contribution >= 0.6 is 45.3 Å². The number of halogens is 4. The Kier molecular flexibility index (Phi) is 5.72. The van der Waals surface area contributed by atoms with Gasteiger partial charge in [-0.05, 0) is 18.6 Å². The molecule has 156 valence electrons. The molecule has 0 amide bonds. The van der Waals surface area contributed by atoms with E-state index in [0.717, 1.165) is 28.7 Å². The first-order valence-corrected chi connectivity index (χ1v) is 11.4. The molecule has 1 unspecified atom stereocenters. The van der Waals surface area contributed by atoms with Crippen LogP contribution < -0.4 is 5.56 Å². The van der Waals surface area contributed by atoms with Gasteiger partial charge in [0.1, 0.15) is 16.9 Å². The number of benzene rings is 1. The molecule has 0 spiro atoms. The Hall–Kier alpha value is -1.83. The third-order valence-corrected chi connectivity index (χ3v) is 6.87. The summed E-state index contributed by atoms with van der Waals surface area (Å²) in [5.74, 6) is -1.01. The summed E-state index contributed by atoms with van der Waals surface area (Å²) < 4.78 is 39.7. The van der Waals surface area contributed by atoms with Crippen LogP contribution in [0.15, 0.2) is 40.6 Å². The fraction of sp³-hybridized carbons (Fsp3) is 0.211. The lowest BCUT2D eigenvalue weighted by molar-refractivity contribution is 0.122. The molecule has 0 bridgehead atoms. The number of aliphatic hydroxyl groups is 1. The highest BCUT2D eigenvalue weighted by molar-refractivity contribution is 14.1. The number of aryl methyl sites for hydroxylation is 1. The molecule has 0 saturated carbocycles. The minimum absolute atomic E-state index is 0.0245. The number of hydrogen-bond donors (Lipinski definition) is 1. The number of aromatic nitrogens is 3. The topological polar surface area (TPSA) is 67.5 Å². The van der Waals surface area contributed by atoms with Crippen LogP contribution in [0.1, 0.15) is 38.5 Å². The van der Waals surface area contributed by atoms with E-state index in [-0.39, 0.29) is 17.7 Å². The minimum atomic E-state index is -3.35. The molecule has 1 N–H and O–H groups in total. The zero-order valence-corrected chi connectivity index (χ0v) is 19.1. The molecule has 3 aromatic heterocycles. The fourth-order valence-corrected chi connectivity index (χ4v) is 5.23. The number of hydrogen-bond acceptors (Lipinski definition) is 6. The van der Waals surface area contributed by atoms with E-state index in [1.807, 2.05) is 0 Å². The third-order valence-electron chi connectivity index (χ3n) is 4.49. The van der Waals surface area contributed by atoms with Gasteiger partial charge in [-0.2, -0.15) is 8.78 Å². The second kappa shape index (κ2) is 8.02. The second-order valence-electron chi connectivity index (χ2n) is 6.47. The van der Waals surface area contributed by atoms with E-state index in [1.54, 1.807) is 18.5 Å². The first-order valence-electron chi connectivity index (χ1n) is 8.61. The Balaban J connectivity index is 1.76. The summed E-state index contributed by atoms with van der Waals surface area (Å²) in [6, 6.07) is 5.00. The van der Waals surface area contributed by atoms with Crippen molar-refractivity contribution in [1.82, 2.24) is 14.4 Å². The normalized spacial score (nSPS) is 13.1. The van der Waals surface area contributed by atoms with Crippen molar-refractivity contribution in [3.05, 3.63) is 84.4 Å². The summed E-state index contributed by atoms with van der Waals surface area (Å²) in [6.07, 6.45) is 0.373. The van der Waals surface area contributed by atoms with E-state index < -0.39 is 27.0 Å². The van der Waals surface area contributed by atoms with Crippen molar-refractivity contribution >= 4 is 50.2 Å². The summed E-state index contributed by atoms with van der Waals surface area (Å²) in [7, 11) is 0. The molecule has 11 heteroatoms. The Bertz CT molecular complexity index is 1280. The van der Waals surface area contributed by atoms with Crippen LogP contribution in [0.5, 0.6) is 0 Å². The lowest BCUT2D eigenvalue weighted by Gasteiger charge is -2.13. The van der Waals surface area contributed by atoms with Gasteiger partial charge in [0, 0.05) is 51.5 Å². The maximum absolute atomic E-state index is 14.6. The molecular formula is C19H13F3IN3O2S2. The van der Waals surface area contributed by atoms with Crippen LogP contribution in [0.3, 0.4) is 0 Å². The number of alkyl halides is 3. The van der Waals surface area contributed by atoms with Crippen LogP contribution in [-0.2, 0) is 10.4 Å². The highest BCUT2D eigenvalue weighted by Crippen LogP contribution is 2.37. The maximum Gasteiger partial charge on any atom is 0.324 e. The van der Waals surface area contributed by atoms with Crippen LogP contribution in [-0.4, -0.2) is 19.5 Å². The molecule has 0 aliphatic heterocycles. The van der Waals surface area contributed by atoms with Gasteiger partial charge in [-0.25, -0.2) is 14.4 Å².